The zero-order valence-corrected chi connectivity index (χ0v) is 17.2. The van der Waals surface area contributed by atoms with Crippen molar-refractivity contribution in [2.45, 2.75) is 39.8 Å². The van der Waals surface area contributed by atoms with E-state index in [0.29, 0.717) is 16.4 Å². The molecule has 1 saturated heterocycles. The van der Waals surface area contributed by atoms with Gasteiger partial charge < -0.3 is 9.47 Å². The zero-order chi connectivity index (χ0) is 18.0. The Morgan fingerprint density at radius 3 is 2.38 bits per heavy atom. The first-order valence-electron chi connectivity index (χ1n) is 7.55. The van der Waals surface area contributed by atoms with E-state index in [1.54, 1.807) is 13.2 Å². The number of carbonyl (C=O) groups excluding carboxylic acids is 2. The third-order valence-electron chi connectivity index (χ3n) is 3.24. The van der Waals surface area contributed by atoms with Gasteiger partial charge in [0.2, 0.25) is 0 Å². The molecule has 0 aromatic heterocycles. The van der Waals surface area contributed by atoms with Gasteiger partial charge in [-0.15, -0.1) is 0 Å². The summed E-state index contributed by atoms with van der Waals surface area (Å²) < 4.78 is 12.1. The van der Waals surface area contributed by atoms with Crippen LogP contribution in [0, 0.1) is 3.57 Å². The molecular weight excluding hydrogens is 441 g/mol. The number of ether oxygens (including phenoxy) is 2. The Morgan fingerprint density at radius 1 is 1.21 bits per heavy atom. The van der Waals surface area contributed by atoms with Gasteiger partial charge in [-0.25, -0.2) is 0 Å². The molecule has 0 unspecified atom stereocenters. The number of hydrogen-bond acceptors (Lipinski definition) is 5. The van der Waals surface area contributed by atoms with Crippen molar-refractivity contribution >= 4 is 51.6 Å². The van der Waals surface area contributed by atoms with Gasteiger partial charge in [0, 0.05) is 6.04 Å². The van der Waals surface area contributed by atoms with Gasteiger partial charge in [0.05, 0.1) is 21.7 Å². The van der Waals surface area contributed by atoms with E-state index in [4.69, 9.17) is 9.47 Å². The molecule has 2 amide bonds. The van der Waals surface area contributed by atoms with Gasteiger partial charge in [0.25, 0.3) is 11.1 Å². The Morgan fingerprint density at radius 2 is 1.88 bits per heavy atom. The van der Waals surface area contributed by atoms with E-state index in [-0.39, 0.29) is 23.3 Å². The molecule has 0 spiro atoms. The summed E-state index contributed by atoms with van der Waals surface area (Å²) in [6.07, 6.45) is 1.75. The Bertz CT molecular complexity index is 700. The van der Waals surface area contributed by atoms with Crippen LogP contribution in [0.1, 0.15) is 33.3 Å². The molecule has 1 aliphatic rings. The van der Waals surface area contributed by atoms with Crippen LogP contribution < -0.4 is 9.47 Å². The Balaban J connectivity index is 2.39. The first-order chi connectivity index (χ1) is 11.2. The minimum absolute atomic E-state index is 0.0285. The summed E-state index contributed by atoms with van der Waals surface area (Å²) in [6.45, 7) is 7.54. The molecule has 0 radical (unpaired) electrons. The molecule has 5 nitrogen and oxygen atoms in total. The highest BCUT2D eigenvalue weighted by Crippen LogP contribution is 2.38. The molecule has 1 aliphatic heterocycles. The van der Waals surface area contributed by atoms with Crippen LogP contribution in [-0.2, 0) is 4.79 Å². The number of methoxy groups -OCH3 is 1. The Kier molecular flexibility index (Phi) is 6.19. The monoisotopic (exact) mass is 461 g/mol. The van der Waals surface area contributed by atoms with Crippen LogP contribution in [0.5, 0.6) is 11.5 Å². The lowest BCUT2D eigenvalue weighted by Gasteiger charge is -2.16. The third-order valence-corrected chi connectivity index (χ3v) is 4.93. The van der Waals surface area contributed by atoms with Crippen LogP contribution in [0.25, 0.3) is 6.08 Å². The highest BCUT2D eigenvalue weighted by atomic mass is 127. The van der Waals surface area contributed by atoms with Crippen molar-refractivity contribution in [1.82, 2.24) is 4.90 Å². The van der Waals surface area contributed by atoms with Crippen LogP contribution >= 0.6 is 34.4 Å². The number of thioether (sulfide) groups is 1. The topological polar surface area (TPSA) is 55.8 Å². The summed E-state index contributed by atoms with van der Waals surface area (Å²) >= 11 is 3.14. The quantitative estimate of drug-likeness (QED) is 0.477. The van der Waals surface area contributed by atoms with E-state index in [1.807, 2.05) is 39.8 Å². The molecule has 1 heterocycles. The minimum atomic E-state index is -0.253. The van der Waals surface area contributed by atoms with Crippen LogP contribution in [0.15, 0.2) is 17.0 Å². The number of hydrogen-bond donors (Lipinski definition) is 0. The lowest BCUT2D eigenvalue weighted by atomic mass is 10.1. The number of carbonyl (C=O) groups is 2. The summed E-state index contributed by atoms with van der Waals surface area (Å²) in [5, 5.41) is -0.234. The largest absolute Gasteiger partial charge is 0.493 e. The molecule has 0 saturated carbocycles. The maximum Gasteiger partial charge on any atom is 0.293 e. The molecule has 7 heteroatoms. The summed E-state index contributed by atoms with van der Waals surface area (Å²) in [7, 11) is 1.58. The maximum atomic E-state index is 12.4. The lowest BCUT2D eigenvalue weighted by Crippen LogP contribution is -2.34. The predicted octanol–water partition coefficient (Wildman–Crippen LogP) is 4.53. The van der Waals surface area contributed by atoms with Crippen molar-refractivity contribution in [3.8, 4) is 11.5 Å². The number of halogens is 1. The van der Waals surface area contributed by atoms with Crippen molar-refractivity contribution in [2.24, 2.45) is 0 Å². The van der Waals surface area contributed by atoms with Crippen LogP contribution in [0.3, 0.4) is 0 Å². The number of benzene rings is 1. The molecule has 1 aromatic rings. The normalized spacial score (nSPS) is 16.7. The van der Waals surface area contributed by atoms with Crippen molar-refractivity contribution in [2.75, 3.05) is 7.11 Å². The SMILES string of the molecule is COc1cc(/C=C2\SC(=O)N(C(C)C)C2=O)cc(I)c1OC(C)C. The highest BCUT2D eigenvalue weighted by Gasteiger charge is 2.36. The van der Waals surface area contributed by atoms with E-state index in [1.165, 1.54) is 4.90 Å². The lowest BCUT2D eigenvalue weighted by molar-refractivity contribution is -0.123. The van der Waals surface area contributed by atoms with Gasteiger partial charge in [0.1, 0.15) is 0 Å². The number of amides is 2. The molecule has 24 heavy (non-hydrogen) atoms. The second-order valence-electron chi connectivity index (χ2n) is 5.85. The van der Waals surface area contributed by atoms with Gasteiger partial charge in [-0.3, -0.25) is 14.5 Å². The maximum absolute atomic E-state index is 12.4. The molecule has 1 fully saturated rings. The van der Waals surface area contributed by atoms with Crippen molar-refractivity contribution in [3.63, 3.8) is 0 Å². The minimum Gasteiger partial charge on any atom is -0.493 e. The van der Waals surface area contributed by atoms with E-state index >= 15 is 0 Å². The molecule has 0 aliphatic carbocycles. The smallest absolute Gasteiger partial charge is 0.293 e. The molecule has 2 rings (SSSR count). The van der Waals surface area contributed by atoms with Crippen molar-refractivity contribution in [1.29, 1.82) is 0 Å². The Hall–Kier alpha value is -1.22. The molecule has 130 valence electrons. The summed E-state index contributed by atoms with van der Waals surface area (Å²) in [5.41, 5.74) is 0.793. The van der Waals surface area contributed by atoms with Crippen LogP contribution in [0.4, 0.5) is 4.79 Å². The van der Waals surface area contributed by atoms with Gasteiger partial charge in [0.15, 0.2) is 11.5 Å². The molecule has 0 N–H and O–H groups in total. The fourth-order valence-corrected chi connectivity index (χ4v) is 3.96. The van der Waals surface area contributed by atoms with Crippen molar-refractivity contribution in [3.05, 3.63) is 26.2 Å². The molecule has 0 atom stereocenters. The average Bonchev–Trinajstić information content (AvgIpc) is 2.75. The van der Waals surface area contributed by atoms with E-state index in [2.05, 4.69) is 22.6 Å². The predicted molar refractivity (Wildman–Crippen MR) is 104 cm³/mol. The standard InChI is InChI=1S/C17H20INO4S/c1-9(2)19-16(20)14(24-17(19)21)8-11-6-12(18)15(23-10(3)4)13(7-11)22-5/h6-10H,1-5H3/b14-8-. The van der Waals surface area contributed by atoms with Gasteiger partial charge >= 0.3 is 0 Å². The Labute approximate surface area is 159 Å². The van der Waals surface area contributed by atoms with Gasteiger partial charge in [-0.1, -0.05) is 0 Å². The fraction of sp³-hybridized carbons (Fsp3) is 0.412. The second kappa shape index (κ2) is 7.77. The zero-order valence-electron chi connectivity index (χ0n) is 14.3. The molecule has 0 bridgehead atoms. The van der Waals surface area contributed by atoms with E-state index in [0.717, 1.165) is 20.9 Å². The number of nitrogens with zero attached hydrogens (tertiary/aromatic N) is 1. The average molecular weight is 461 g/mol. The number of imide groups is 1. The highest BCUT2D eigenvalue weighted by molar-refractivity contribution is 14.1. The van der Waals surface area contributed by atoms with E-state index in [9.17, 15) is 9.59 Å². The third kappa shape index (κ3) is 4.05. The molecular formula is C17H20INO4S. The summed E-state index contributed by atoms with van der Waals surface area (Å²) in [6, 6.07) is 3.56. The second-order valence-corrected chi connectivity index (χ2v) is 8.00. The summed E-state index contributed by atoms with van der Waals surface area (Å²) in [5.74, 6) is 1.03. The number of rotatable bonds is 5. The molecule has 1 aromatic carbocycles. The first kappa shape index (κ1) is 19.1. The first-order valence-corrected chi connectivity index (χ1v) is 9.45. The van der Waals surface area contributed by atoms with E-state index < -0.39 is 0 Å². The summed E-state index contributed by atoms with van der Waals surface area (Å²) in [4.78, 5) is 26.0. The van der Waals surface area contributed by atoms with Gasteiger partial charge in [-0.05, 0) is 85.8 Å². The van der Waals surface area contributed by atoms with Crippen molar-refractivity contribution < 1.29 is 19.1 Å². The van der Waals surface area contributed by atoms with Gasteiger partial charge in [-0.2, -0.15) is 0 Å². The van der Waals surface area contributed by atoms with Crippen LogP contribution in [0.2, 0.25) is 0 Å². The fourth-order valence-electron chi connectivity index (χ4n) is 2.25. The van der Waals surface area contributed by atoms with Crippen LogP contribution in [-0.4, -0.2) is 35.3 Å².